The second-order valence-electron chi connectivity index (χ2n) is 6.65. The van der Waals surface area contributed by atoms with Gasteiger partial charge < -0.3 is 15.3 Å². The van der Waals surface area contributed by atoms with Crippen LogP contribution in [0.25, 0.3) is 0 Å². The molecular formula is C16H32IN3O. The average Bonchev–Trinajstić information content (AvgIpc) is 2.44. The summed E-state index contributed by atoms with van der Waals surface area (Å²) >= 11 is 0. The third kappa shape index (κ3) is 5.93. The molecule has 2 fully saturated rings. The van der Waals surface area contributed by atoms with Gasteiger partial charge in [-0.05, 0) is 38.5 Å². The molecule has 2 N–H and O–H groups in total. The smallest absolute Gasteiger partial charge is 0.194 e. The predicted octanol–water partition coefficient (Wildman–Crippen LogP) is 3.00. The highest BCUT2D eigenvalue weighted by molar-refractivity contribution is 14.0. The Morgan fingerprint density at radius 1 is 1.29 bits per heavy atom. The summed E-state index contributed by atoms with van der Waals surface area (Å²) in [5.41, 5.74) is -0.555. The second kappa shape index (κ2) is 9.18. The average molecular weight is 409 g/mol. The van der Waals surface area contributed by atoms with Crippen molar-refractivity contribution in [1.29, 1.82) is 0 Å². The van der Waals surface area contributed by atoms with Crippen LogP contribution in [0, 0.1) is 5.92 Å². The maximum Gasteiger partial charge on any atom is 0.194 e. The molecule has 1 atom stereocenters. The largest absolute Gasteiger partial charge is 0.388 e. The zero-order valence-electron chi connectivity index (χ0n) is 13.6. The Morgan fingerprint density at radius 2 is 2.00 bits per heavy atom. The van der Waals surface area contributed by atoms with E-state index >= 15 is 0 Å². The Hall–Kier alpha value is -0.0400. The number of aliphatic imine (C=N–C) groups is 1. The standard InChI is InChI=1S/C16H31N3O.HI/c1-3-17-15(19-11-7-8-14(2)12-19)18-13-16(20)9-5-4-6-10-16;/h14,20H,3-13H2,1-2H3,(H,17,18);1H. The SMILES string of the molecule is CCNC(=NCC1(O)CCCCC1)N1CCCC(C)C1.I. The third-order valence-corrected chi connectivity index (χ3v) is 4.60. The molecule has 0 amide bonds. The van der Waals surface area contributed by atoms with E-state index in [4.69, 9.17) is 4.99 Å². The van der Waals surface area contributed by atoms with Gasteiger partial charge in [-0.3, -0.25) is 4.99 Å². The van der Waals surface area contributed by atoms with Crippen LogP contribution in [0.2, 0.25) is 0 Å². The van der Waals surface area contributed by atoms with E-state index in [1.807, 2.05) is 0 Å². The number of rotatable bonds is 3. The maximum atomic E-state index is 10.6. The van der Waals surface area contributed by atoms with E-state index in [0.29, 0.717) is 6.54 Å². The molecule has 1 saturated carbocycles. The fourth-order valence-corrected chi connectivity index (χ4v) is 3.40. The van der Waals surface area contributed by atoms with Gasteiger partial charge in [-0.1, -0.05) is 26.2 Å². The molecule has 21 heavy (non-hydrogen) atoms. The molecule has 0 aromatic rings. The lowest BCUT2D eigenvalue weighted by molar-refractivity contribution is 0.0129. The van der Waals surface area contributed by atoms with Crippen molar-refractivity contribution in [2.75, 3.05) is 26.2 Å². The molecule has 0 aromatic carbocycles. The molecule has 1 saturated heterocycles. The molecule has 1 heterocycles. The first-order chi connectivity index (χ1) is 9.63. The van der Waals surface area contributed by atoms with Crippen molar-refractivity contribution in [3.63, 3.8) is 0 Å². The first kappa shape index (κ1) is 19.0. The van der Waals surface area contributed by atoms with Crippen molar-refractivity contribution < 1.29 is 5.11 Å². The van der Waals surface area contributed by atoms with Crippen LogP contribution in [0.1, 0.15) is 58.8 Å². The van der Waals surface area contributed by atoms with Crippen molar-refractivity contribution in [1.82, 2.24) is 10.2 Å². The number of aliphatic hydroxyl groups is 1. The molecule has 0 bridgehead atoms. The molecule has 1 unspecified atom stereocenters. The van der Waals surface area contributed by atoms with E-state index in [1.54, 1.807) is 0 Å². The van der Waals surface area contributed by atoms with E-state index in [-0.39, 0.29) is 24.0 Å². The topological polar surface area (TPSA) is 47.9 Å². The highest BCUT2D eigenvalue weighted by atomic mass is 127. The Kier molecular flexibility index (Phi) is 8.31. The quantitative estimate of drug-likeness (QED) is 0.428. The summed E-state index contributed by atoms with van der Waals surface area (Å²) in [7, 11) is 0. The fourth-order valence-electron chi connectivity index (χ4n) is 3.40. The molecule has 1 aliphatic carbocycles. The number of guanidine groups is 1. The van der Waals surface area contributed by atoms with Crippen molar-refractivity contribution in [2.24, 2.45) is 10.9 Å². The van der Waals surface area contributed by atoms with Crippen LogP contribution in [0.15, 0.2) is 4.99 Å². The fraction of sp³-hybridized carbons (Fsp3) is 0.938. The molecular weight excluding hydrogens is 377 g/mol. The highest BCUT2D eigenvalue weighted by Gasteiger charge is 2.29. The summed E-state index contributed by atoms with van der Waals surface area (Å²) < 4.78 is 0. The van der Waals surface area contributed by atoms with Crippen LogP contribution in [0.5, 0.6) is 0 Å². The van der Waals surface area contributed by atoms with Gasteiger partial charge in [0.1, 0.15) is 0 Å². The first-order valence-corrected chi connectivity index (χ1v) is 8.38. The molecule has 0 spiro atoms. The van der Waals surface area contributed by atoms with E-state index in [2.05, 4.69) is 24.1 Å². The van der Waals surface area contributed by atoms with Gasteiger partial charge in [0.05, 0.1) is 12.1 Å². The molecule has 2 rings (SSSR count). The number of nitrogens with one attached hydrogen (secondary N) is 1. The number of hydrogen-bond donors (Lipinski definition) is 2. The summed E-state index contributed by atoms with van der Waals surface area (Å²) in [4.78, 5) is 7.11. The summed E-state index contributed by atoms with van der Waals surface area (Å²) in [5.74, 6) is 1.74. The van der Waals surface area contributed by atoms with Crippen LogP contribution < -0.4 is 5.32 Å². The van der Waals surface area contributed by atoms with E-state index < -0.39 is 5.60 Å². The van der Waals surface area contributed by atoms with Crippen LogP contribution in [-0.4, -0.2) is 47.7 Å². The minimum absolute atomic E-state index is 0. The van der Waals surface area contributed by atoms with Gasteiger partial charge in [-0.2, -0.15) is 0 Å². The van der Waals surface area contributed by atoms with Crippen molar-refractivity contribution >= 4 is 29.9 Å². The highest BCUT2D eigenvalue weighted by Crippen LogP contribution is 2.28. The second-order valence-corrected chi connectivity index (χ2v) is 6.65. The first-order valence-electron chi connectivity index (χ1n) is 8.38. The van der Waals surface area contributed by atoms with Crippen molar-refractivity contribution in [2.45, 2.75) is 64.4 Å². The van der Waals surface area contributed by atoms with Gasteiger partial charge in [-0.15, -0.1) is 24.0 Å². The summed E-state index contributed by atoms with van der Waals surface area (Å²) in [6, 6.07) is 0. The number of nitrogens with zero attached hydrogens (tertiary/aromatic N) is 2. The number of hydrogen-bond acceptors (Lipinski definition) is 2. The van der Waals surface area contributed by atoms with E-state index in [0.717, 1.165) is 57.2 Å². The van der Waals surface area contributed by atoms with Gasteiger partial charge in [0.15, 0.2) is 5.96 Å². The van der Waals surface area contributed by atoms with Gasteiger partial charge in [0.2, 0.25) is 0 Å². The lowest BCUT2D eigenvalue weighted by Crippen LogP contribution is -2.47. The molecule has 124 valence electrons. The molecule has 2 aliphatic rings. The van der Waals surface area contributed by atoms with Crippen LogP contribution in [0.4, 0.5) is 0 Å². The van der Waals surface area contributed by atoms with Gasteiger partial charge in [0.25, 0.3) is 0 Å². The van der Waals surface area contributed by atoms with Crippen LogP contribution in [-0.2, 0) is 0 Å². The van der Waals surface area contributed by atoms with Crippen molar-refractivity contribution in [3.8, 4) is 0 Å². The minimum Gasteiger partial charge on any atom is -0.388 e. The number of halogens is 1. The zero-order valence-corrected chi connectivity index (χ0v) is 15.9. The lowest BCUT2D eigenvalue weighted by atomic mass is 9.85. The third-order valence-electron chi connectivity index (χ3n) is 4.60. The maximum absolute atomic E-state index is 10.6. The van der Waals surface area contributed by atoms with Crippen LogP contribution >= 0.6 is 24.0 Å². The summed E-state index contributed by atoms with van der Waals surface area (Å²) in [5, 5.41) is 14.0. The molecule has 0 aromatic heterocycles. The normalized spacial score (nSPS) is 26.1. The summed E-state index contributed by atoms with van der Waals surface area (Å²) in [6.45, 7) is 8.05. The van der Waals surface area contributed by atoms with Gasteiger partial charge in [-0.25, -0.2) is 0 Å². The van der Waals surface area contributed by atoms with E-state index in [1.165, 1.54) is 19.3 Å². The Labute approximate surface area is 146 Å². The molecule has 4 nitrogen and oxygen atoms in total. The lowest BCUT2D eigenvalue weighted by Gasteiger charge is -2.35. The van der Waals surface area contributed by atoms with Crippen LogP contribution in [0.3, 0.4) is 0 Å². The van der Waals surface area contributed by atoms with E-state index in [9.17, 15) is 5.11 Å². The minimum atomic E-state index is -0.555. The molecule has 1 aliphatic heterocycles. The molecule has 0 radical (unpaired) electrons. The summed E-state index contributed by atoms with van der Waals surface area (Å²) in [6.07, 6.45) is 7.93. The molecule has 5 heteroatoms. The zero-order chi connectivity index (χ0) is 14.4. The Morgan fingerprint density at radius 3 is 2.62 bits per heavy atom. The predicted molar refractivity (Wildman–Crippen MR) is 99.4 cm³/mol. The monoisotopic (exact) mass is 409 g/mol. The number of likely N-dealkylation sites (tertiary alicyclic amines) is 1. The van der Waals surface area contributed by atoms with Gasteiger partial charge in [0, 0.05) is 19.6 Å². The van der Waals surface area contributed by atoms with Crippen molar-refractivity contribution in [3.05, 3.63) is 0 Å². The van der Waals surface area contributed by atoms with Gasteiger partial charge >= 0.3 is 0 Å². The Balaban J connectivity index is 0.00000220. The number of piperidine rings is 1. The Bertz CT molecular complexity index is 329.